The minimum atomic E-state index is -3.84. The molecule has 2 aromatic carbocycles. The molecule has 3 aromatic rings. The first-order chi connectivity index (χ1) is 17.1. The van der Waals surface area contributed by atoms with Gasteiger partial charge in [0.2, 0.25) is 0 Å². The number of nitrogens with zero attached hydrogens (tertiary/aromatic N) is 2. The minimum Gasteiger partial charge on any atom is -0.493 e. The molecular formula is C24H26FN3O5S3. The topological polar surface area (TPSA) is 106 Å². The van der Waals surface area contributed by atoms with Gasteiger partial charge < -0.3 is 4.74 Å². The summed E-state index contributed by atoms with van der Waals surface area (Å²) >= 11 is 1.19. The zero-order valence-electron chi connectivity index (χ0n) is 19.5. The normalized spacial score (nSPS) is 23.0. The van der Waals surface area contributed by atoms with Crippen LogP contribution in [0.2, 0.25) is 0 Å². The Hall–Kier alpha value is -2.54. The van der Waals surface area contributed by atoms with E-state index in [0.717, 1.165) is 11.1 Å². The van der Waals surface area contributed by atoms with Crippen molar-refractivity contribution < 1.29 is 26.0 Å². The zero-order chi connectivity index (χ0) is 25.5. The van der Waals surface area contributed by atoms with Crippen LogP contribution in [0.5, 0.6) is 5.75 Å². The number of rotatable bonds is 6. The van der Waals surface area contributed by atoms with Crippen LogP contribution in [0.15, 0.2) is 58.9 Å². The second-order valence-electron chi connectivity index (χ2n) is 9.08. The van der Waals surface area contributed by atoms with E-state index in [2.05, 4.69) is 14.6 Å². The molecule has 0 unspecified atom stereocenters. The van der Waals surface area contributed by atoms with Gasteiger partial charge in [-0.25, -0.2) is 26.2 Å². The van der Waals surface area contributed by atoms with Gasteiger partial charge in [0.15, 0.2) is 5.13 Å². The van der Waals surface area contributed by atoms with E-state index in [4.69, 9.17) is 4.74 Å². The molecule has 0 spiro atoms. The maximum Gasteiger partial charge on any atom is 0.263 e. The Kier molecular flexibility index (Phi) is 6.79. The molecule has 1 N–H and O–H groups in total. The maximum atomic E-state index is 13.6. The van der Waals surface area contributed by atoms with Gasteiger partial charge >= 0.3 is 0 Å². The Morgan fingerprint density at radius 2 is 1.86 bits per heavy atom. The Bertz CT molecular complexity index is 1440. The van der Waals surface area contributed by atoms with Crippen molar-refractivity contribution in [2.75, 3.05) is 24.1 Å². The molecule has 192 valence electrons. The molecule has 8 nitrogen and oxygen atoms in total. The fourth-order valence-electron chi connectivity index (χ4n) is 5.04. The standard InChI is InChI=1S/C24H26FN3O5S3/c1-35(29,30)18-8-11-28(22(14-18)16-2-4-17(25)5-3-16)21-9-12-33-23-15-19(6-7-20(21)23)36(31,32)27-24-26-10-13-34-24/h2-7,10,13,15,18,21-22H,8-9,11-12,14H2,1H3,(H,26,27)/t18-,21+,22+/m1/s1. The van der Waals surface area contributed by atoms with Crippen LogP contribution in [0, 0.1) is 5.82 Å². The van der Waals surface area contributed by atoms with Crippen molar-refractivity contribution in [3.8, 4) is 5.75 Å². The average molecular weight is 552 g/mol. The monoisotopic (exact) mass is 551 g/mol. The molecule has 1 aromatic heterocycles. The number of hydrogen-bond donors (Lipinski definition) is 1. The quantitative estimate of drug-likeness (QED) is 0.491. The molecule has 3 atom stereocenters. The Labute approximate surface area is 214 Å². The van der Waals surface area contributed by atoms with Crippen molar-refractivity contribution in [3.05, 3.63) is 71.0 Å². The van der Waals surface area contributed by atoms with Crippen molar-refractivity contribution in [2.45, 2.75) is 41.5 Å². The first kappa shape index (κ1) is 25.1. The fourth-order valence-corrected chi connectivity index (χ4v) is 7.91. The summed E-state index contributed by atoms with van der Waals surface area (Å²) in [4.78, 5) is 6.30. The number of ether oxygens (including phenoxy) is 1. The van der Waals surface area contributed by atoms with Crippen LogP contribution in [0.25, 0.3) is 0 Å². The summed E-state index contributed by atoms with van der Waals surface area (Å²) in [5.74, 6) is 0.133. The number of sulfone groups is 1. The number of aromatic nitrogens is 1. The van der Waals surface area contributed by atoms with Crippen molar-refractivity contribution in [1.82, 2.24) is 9.88 Å². The molecule has 0 amide bonds. The van der Waals surface area contributed by atoms with Crippen LogP contribution in [0.1, 0.15) is 42.5 Å². The van der Waals surface area contributed by atoms with Crippen LogP contribution in [0.3, 0.4) is 0 Å². The van der Waals surface area contributed by atoms with Crippen LogP contribution in [-0.2, 0) is 19.9 Å². The molecule has 2 aliphatic heterocycles. The number of likely N-dealkylation sites (tertiary alicyclic amines) is 1. The lowest BCUT2D eigenvalue weighted by molar-refractivity contribution is 0.0680. The van der Waals surface area contributed by atoms with Crippen LogP contribution in [0.4, 0.5) is 9.52 Å². The van der Waals surface area contributed by atoms with Gasteiger partial charge in [0, 0.05) is 54.5 Å². The number of halogens is 1. The Morgan fingerprint density at radius 1 is 1.08 bits per heavy atom. The van der Waals surface area contributed by atoms with Gasteiger partial charge in [-0.15, -0.1) is 11.3 Å². The number of piperidine rings is 1. The van der Waals surface area contributed by atoms with E-state index in [0.29, 0.717) is 38.2 Å². The third kappa shape index (κ3) is 5.13. The lowest BCUT2D eigenvalue weighted by Gasteiger charge is -2.45. The fraction of sp³-hybridized carbons (Fsp3) is 0.375. The van der Waals surface area contributed by atoms with Gasteiger partial charge in [-0.2, -0.15) is 0 Å². The second kappa shape index (κ2) is 9.73. The van der Waals surface area contributed by atoms with Gasteiger partial charge in [0.25, 0.3) is 10.0 Å². The van der Waals surface area contributed by atoms with Crippen LogP contribution >= 0.6 is 11.3 Å². The number of hydrogen-bond acceptors (Lipinski definition) is 8. The molecule has 5 rings (SSSR count). The largest absolute Gasteiger partial charge is 0.493 e. The maximum absolute atomic E-state index is 13.6. The van der Waals surface area contributed by atoms with Gasteiger partial charge in [-0.1, -0.05) is 18.2 Å². The van der Waals surface area contributed by atoms with Gasteiger partial charge in [-0.3, -0.25) is 9.62 Å². The summed E-state index contributed by atoms with van der Waals surface area (Å²) in [5, 5.41) is 1.48. The SMILES string of the molecule is CS(=O)(=O)[C@@H]1CCN([C@H]2CCOc3cc(S(=O)(=O)Nc4nccs4)ccc32)[C@H](c2ccc(F)cc2)C1. The third-order valence-electron chi connectivity index (χ3n) is 6.81. The number of sulfonamides is 1. The number of fused-ring (bicyclic) bond motifs is 1. The molecular weight excluding hydrogens is 525 g/mol. The number of nitrogens with one attached hydrogen (secondary N) is 1. The second-order valence-corrected chi connectivity index (χ2v) is 14.0. The van der Waals surface area contributed by atoms with Crippen molar-refractivity contribution in [2.24, 2.45) is 0 Å². The third-order valence-corrected chi connectivity index (χ3v) is 10.6. The van der Waals surface area contributed by atoms with E-state index < -0.39 is 25.1 Å². The zero-order valence-corrected chi connectivity index (χ0v) is 22.0. The van der Waals surface area contributed by atoms with Crippen molar-refractivity contribution in [1.29, 1.82) is 0 Å². The summed E-state index contributed by atoms with van der Waals surface area (Å²) in [6.07, 6.45) is 4.35. The molecule has 1 saturated heterocycles. The molecule has 3 heterocycles. The molecule has 12 heteroatoms. The van der Waals surface area contributed by atoms with Crippen molar-refractivity contribution >= 4 is 36.3 Å². The van der Waals surface area contributed by atoms with Gasteiger partial charge in [-0.05, 0) is 36.6 Å². The van der Waals surface area contributed by atoms with Gasteiger partial charge in [0.05, 0.1) is 16.8 Å². The minimum absolute atomic E-state index is 0.0722. The van der Waals surface area contributed by atoms with E-state index >= 15 is 0 Å². The molecule has 1 fully saturated rings. The van der Waals surface area contributed by atoms with Crippen LogP contribution < -0.4 is 9.46 Å². The summed E-state index contributed by atoms with van der Waals surface area (Å²) < 4.78 is 72.5. The van der Waals surface area contributed by atoms with E-state index in [1.807, 2.05) is 0 Å². The number of anilines is 1. The molecule has 0 aliphatic carbocycles. The number of thiazole rings is 1. The highest BCUT2D eigenvalue weighted by atomic mass is 32.2. The van der Waals surface area contributed by atoms with E-state index in [9.17, 15) is 21.2 Å². The predicted molar refractivity (Wildman–Crippen MR) is 136 cm³/mol. The van der Waals surface area contributed by atoms with E-state index in [-0.39, 0.29) is 27.9 Å². The Balaban J connectivity index is 1.47. The molecule has 2 aliphatic rings. The van der Waals surface area contributed by atoms with Crippen molar-refractivity contribution in [3.63, 3.8) is 0 Å². The smallest absolute Gasteiger partial charge is 0.263 e. The summed E-state index contributed by atoms with van der Waals surface area (Å²) in [6, 6.07) is 10.7. The summed E-state index contributed by atoms with van der Waals surface area (Å²) in [5.41, 5.74) is 1.70. The molecule has 36 heavy (non-hydrogen) atoms. The highest BCUT2D eigenvalue weighted by Crippen LogP contribution is 2.45. The lowest BCUT2D eigenvalue weighted by Crippen LogP contribution is -2.44. The van der Waals surface area contributed by atoms with Gasteiger partial charge in [0.1, 0.15) is 21.4 Å². The predicted octanol–water partition coefficient (Wildman–Crippen LogP) is 4.16. The molecule has 0 bridgehead atoms. The Morgan fingerprint density at radius 3 is 2.56 bits per heavy atom. The summed E-state index contributed by atoms with van der Waals surface area (Å²) in [7, 11) is -7.08. The van der Waals surface area contributed by atoms with E-state index in [1.165, 1.54) is 42.0 Å². The van der Waals surface area contributed by atoms with Crippen LogP contribution in [-0.4, -0.2) is 51.4 Å². The first-order valence-corrected chi connectivity index (χ1v) is 15.8. The lowest BCUT2D eigenvalue weighted by atomic mass is 9.89. The highest BCUT2D eigenvalue weighted by molar-refractivity contribution is 7.93. The number of benzene rings is 2. The highest BCUT2D eigenvalue weighted by Gasteiger charge is 2.40. The van der Waals surface area contributed by atoms with E-state index in [1.54, 1.807) is 29.6 Å². The summed E-state index contributed by atoms with van der Waals surface area (Å²) in [6.45, 7) is 0.929. The first-order valence-electron chi connectivity index (χ1n) is 11.5. The average Bonchev–Trinajstić information content (AvgIpc) is 3.35. The molecule has 0 saturated carbocycles. The molecule has 0 radical (unpaired) electrons.